The first-order chi connectivity index (χ1) is 5.29. The Hall–Kier alpha value is 0.230. The van der Waals surface area contributed by atoms with Crippen molar-refractivity contribution in [2.24, 2.45) is 0 Å². The van der Waals surface area contributed by atoms with Gasteiger partial charge in [0.15, 0.2) is 0 Å². The predicted molar refractivity (Wildman–Crippen MR) is 56.3 cm³/mol. The highest BCUT2D eigenvalue weighted by atomic mass is 127. The largest absolute Gasteiger partial charge is 0.250 e. The van der Waals surface area contributed by atoms with Gasteiger partial charge in [0, 0.05) is 11.4 Å². The molecule has 0 fully saturated rings. The van der Waals surface area contributed by atoms with E-state index < -0.39 is 0 Å². The minimum atomic E-state index is 0.640. The lowest BCUT2D eigenvalue weighted by Gasteiger charge is -2.04. The highest BCUT2D eigenvalue weighted by Gasteiger charge is 2.28. The van der Waals surface area contributed by atoms with Crippen molar-refractivity contribution in [3.63, 3.8) is 0 Å². The smallest absolute Gasteiger partial charge is 0.101 e. The van der Waals surface area contributed by atoms with Crippen molar-refractivity contribution in [1.82, 2.24) is 4.98 Å². The molecular formula is C8H8INS. The fourth-order valence-electron chi connectivity index (χ4n) is 1.20. The molecule has 1 aliphatic heterocycles. The average Bonchev–Trinajstić information content (AvgIpc) is 2.30. The SMILES string of the molecule is CC1Sc2ncccc2C1I. The van der Waals surface area contributed by atoms with E-state index in [-0.39, 0.29) is 0 Å². The van der Waals surface area contributed by atoms with Crippen molar-refractivity contribution in [2.75, 3.05) is 0 Å². The molecule has 3 heteroatoms. The zero-order chi connectivity index (χ0) is 7.84. The molecule has 1 aromatic rings. The summed E-state index contributed by atoms with van der Waals surface area (Å²) in [6.45, 7) is 2.25. The van der Waals surface area contributed by atoms with Gasteiger partial charge in [-0.05, 0) is 11.6 Å². The molecule has 0 radical (unpaired) electrons. The van der Waals surface area contributed by atoms with Crippen LogP contribution < -0.4 is 0 Å². The van der Waals surface area contributed by atoms with E-state index in [1.54, 1.807) is 0 Å². The standard InChI is InChI=1S/C8H8INS/c1-5-7(9)6-3-2-4-10-8(6)11-5/h2-5,7H,1H3. The van der Waals surface area contributed by atoms with Crippen LogP contribution >= 0.6 is 34.4 Å². The third-order valence-corrected chi connectivity index (χ3v) is 5.25. The van der Waals surface area contributed by atoms with Crippen molar-refractivity contribution in [2.45, 2.75) is 21.1 Å². The number of rotatable bonds is 0. The van der Waals surface area contributed by atoms with Gasteiger partial charge in [0.1, 0.15) is 5.03 Å². The fraction of sp³-hybridized carbons (Fsp3) is 0.375. The Morgan fingerprint density at radius 3 is 3.18 bits per heavy atom. The van der Waals surface area contributed by atoms with Crippen LogP contribution in [-0.2, 0) is 0 Å². The number of pyridine rings is 1. The molecule has 0 N–H and O–H groups in total. The van der Waals surface area contributed by atoms with Gasteiger partial charge in [-0.25, -0.2) is 4.98 Å². The van der Waals surface area contributed by atoms with E-state index in [2.05, 4.69) is 40.6 Å². The van der Waals surface area contributed by atoms with Gasteiger partial charge in [0.25, 0.3) is 0 Å². The number of nitrogens with zero attached hydrogens (tertiary/aromatic N) is 1. The van der Waals surface area contributed by atoms with E-state index in [1.807, 2.05) is 24.0 Å². The summed E-state index contributed by atoms with van der Waals surface area (Å²) in [7, 11) is 0. The Balaban J connectivity index is 2.47. The second-order valence-corrected chi connectivity index (χ2v) is 5.33. The first-order valence-corrected chi connectivity index (χ1v) is 5.67. The molecule has 11 heavy (non-hydrogen) atoms. The van der Waals surface area contributed by atoms with Gasteiger partial charge in [-0.2, -0.15) is 0 Å². The van der Waals surface area contributed by atoms with Crippen molar-refractivity contribution >= 4 is 34.4 Å². The van der Waals surface area contributed by atoms with E-state index in [4.69, 9.17) is 0 Å². The molecule has 2 unspecified atom stereocenters. The van der Waals surface area contributed by atoms with Gasteiger partial charge in [-0.1, -0.05) is 35.6 Å². The number of aromatic nitrogens is 1. The summed E-state index contributed by atoms with van der Waals surface area (Å²) in [4.78, 5) is 4.32. The number of halogens is 1. The van der Waals surface area contributed by atoms with Crippen molar-refractivity contribution in [3.05, 3.63) is 23.9 Å². The monoisotopic (exact) mass is 277 g/mol. The van der Waals surface area contributed by atoms with Crippen molar-refractivity contribution in [1.29, 1.82) is 0 Å². The predicted octanol–water partition coefficient (Wildman–Crippen LogP) is 3.05. The molecule has 2 atom stereocenters. The zero-order valence-corrected chi connectivity index (χ0v) is 9.09. The Kier molecular flexibility index (Phi) is 2.10. The number of hydrogen-bond acceptors (Lipinski definition) is 2. The van der Waals surface area contributed by atoms with Gasteiger partial charge in [-0.3, -0.25) is 0 Å². The van der Waals surface area contributed by atoms with E-state index >= 15 is 0 Å². The number of hydrogen-bond donors (Lipinski definition) is 0. The maximum Gasteiger partial charge on any atom is 0.101 e. The summed E-state index contributed by atoms with van der Waals surface area (Å²) < 4.78 is 0.640. The summed E-state index contributed by atoms with van der Waals surface area (Å²) in [6.07, 6.45) is 1.87. The maximum atomic E-state index is 4.32. The summed E-state index contributed by atoms with van der Waals surface area (Å²) in [5.41, 5.74) is 1.41. The molecule has 1 aromatic heterocycles. The van der Waals surface area contributed by atoms with Crippen LogP contribution in [0, 0.1) is 0 Å². The Labute approximate surface area is 84.1 Å². The van der Waals surface area contributed by atoms with Crippen molar-refractivity contribution in [3.8, 4) is 0 Å². The first kappa shape index (κ1) is 7.86. The third-order valence-electron chi connectivity index (χ3n) is 1.81. The van der Waals surface area contributed by atoms with Gasteiger partial charge >= 0.3 is 0 Å². The molecule has 0 aromatic carbocycles. The number of fused-ring (bicyclic) bond motifs is 1. The van der Waals surface area contributed by atoms with Crippen LogP contribution in [0.4, 0.5) is 0 Å². The van der Waals surface area contributed by atoms with E-state index in [0.29, 0.717) is 9.17 Å². The molecule has 2 heterocycles. The normalized spacial score (nSPS) is 28.5. The average molecular weight is 277 g/mol. The lowest BCUT2D eigenvalue weighted by molar-refractivity contribution is 0.948. The van der Waals surface area contributed by atoms with Crippen LogP contribution in [-0.4, -0.2) is 10.2 Å². The summed E-state index contributed by atoms with van der Waals surface area (Å²) in [5, 5.41) is 1.90. The van der Waals surface area contributed by atoms with E-state index in [0.717, 1.165) is 0 Å². The van der Waals surface area contributed by atoms with Gasteiger partial charge in [0.05, 0.1) is 3.92 Å². The molecule has 0 aliphatic carbocycles. The lowest BCUT2D eigenvalue weighted by Crippen LogP contribution is -1.95. The summed E-state index contributed by atoms with van der Waals surface area (Å²) in [6, 6.07) is 4.19. The molecular weight excluding hydrogens is 269 g/mol. The minimum absolute atomic E-state index is 0.640. The van der Waals surface area contributed by atoms with Crippen molar-refractivity contribution < 1.29 is 0 Å². The maximum absolute atomic E-state index is 4.32. The van der Waals surface area contributed by atoms with Gasteiger partial charge < -0.3 is 0 Å². The summed E-state index contributed by atoms with van der Waals surface area (Å²) >= 11 is 4.37. The number of thioether (sulfide) groups is 1. The molecule has 0 saturated carbocycles. The first-order valence-electron chi connectivity index (χ1n) is 3.54. The quantitative estimate of drug-likeness (QED) is 0.534. The third kappa shape index (κ3) is 1.28. The Morgan fingerprint density at radius 2 is 2.45 bits per heavy atom. The Bertz CT molecular complexity index is 277. The molecule has 58 valence electrons. The fourth-order valence-corrected chi connectivity index (χ4v) is 3.43. The van der Waals surface area contributed by atoms with Crippen LogP contribution in [0.25, 0.3) is 0 Å². The molecule has 1 nitrogen and oxygen atoms in total. The molecule has 2 rings (SSSR count). The second kappa shape index (κ2) is 2.94. The van der Waals surface area contributed by atoms with E-state index in [9.17, 15) is 0 Å². The Morgan fingerprint density at radius 1 is 1.64 bits per heavy atom. The number of alkyl halides is 1. The molecule has 0 amide bonds. The van der Waals surface area contributed by atoms with Crippen LogP contribution in [0.2, 0.25) is 0 Å². The lowest BCUT2D eigenvalue weighted by atomic mass is 10.2. The molecule has 0 bridgehead atoms. The summed E-state index contributed by atoms with van der Waals surface area (Å²) in [5.74, 6) is 0. The second-order valence-electron chi connectivity index (χ2n) is 2.62. The van der Waals surface area contributed by atoms with Gasteiger partial charge in [0.2, 0.25) is 0 Å². The molecule has 0 spiro atoms. The van der Waals surface area contributed by atoms with Crippen LogP contribution in [0.5, 0.6) is 0 Å². The van der Waals surface area contributed by atoms with Crippen LogP contribution in [0.1, 0.15) is 16.4 Å². The highest BCUT2D eigenvalue weighted by Crippen LogP contribution is 2.47. The highest BCUT2D eigenvalue weighted by molar-refractivity contribution is 14.1. The van der Waals surface area contributed by atoms with Crippen LogP contribution in [0.3, 0.4) is 0 Å². The van der Waals surface area contributed by atoms with Crippen LogP contribution in [0.15, 0.2) is 23.4 Å². The topological polar surface area (TPSA) is 12.9 Å². The van der Waals surface area contributed by atoms with E-state index in [1.165, 1.54) is 10.6 Å². The minimum Gasteiger partial charge on any atom is -0.250 e. The zero-order valence-electron chi connectivity index (χ0n) is 6.12. The molecule has 1 aliphatic rings. The molecule has 0 saturated heterocycles. The van der Waals surface area contributed by atoms with Gasteiger partial charge in [-0.15, -0.1) is 11.8 Å².